The Balaban J connectivity index is 1.46. The van der Waals surface area contributed by atoms with Crippen LogP contribution in [-0.2, 0) is 27.8 Å². The van der Waals surface area contributed by atoms with Crippen molar-refractivity contribution in [2.24, 2.45) is 5.92 Å². The first-order chi connectivity index (χ1) is 12.6. The summed E-state index contributed by atoms with van der Waals surface area (Å²) in [5.41, 5.74) is 4.42. The van der Waals surface area contributed by atoms with Crippen molar-refractivity contribution in [1.82, 2.24) is 4.90 Å². The Morgan fingerprint density at radius 2 is 1.73 bits per heavy atom. The highest BCUT2D eigenvalue weighted by atomic mass is 16.4. The standard InChI is InChI=1S/C22H21NO3/c24-20(18-13-22(18)11-9-15-6-2-4-8-17(15)22)23-12-10-14-5-1-3-7-16(14)19(23)21(25)26/h1-8,18-19H,9-13H2,(H,25,26). The first-order valence-corrected chi connectivity index (χ1v) is 9.31. The summed E-state index contributed by atoms with van der Waals surface area (Å²) in [6.45, 7) is 0.487. The first kappa shape index (κ1) is 15.6. The maximum Gasteiger partial charge on any atom is 0.331 e. The zero-order valence-corrected chi connectivity index (χ0v) is 14.5. The zero-order chi connectivity index (χ0) is 17.9. The van der Waals surface area contributed by atoms with Gasteiger partial charge in [-0.1, -0.05) is 48.5 Å². The van der Waals surface area contributed by atoms with Crippen LogP contribution in [-0.4, -0.2) is 28.4 Å². The van der Waals surface area contributed by atoms with Crippen LogP contribution in [0.4, 0.5) is 0 Å². The van der Waals surface area contributed by atoms with E-state index in [9.17, 15) is 14.7 Å². The number of nitrogens with zero attached hydrogens (tertiary/aromatic N) is 1. The monoisotopic (exact) mass is 347 g/mol. The van der Waals surface area contributed by atoms with Gasteiger partial charge < -0.3 is 10.0 Å². The van der Waals surface area contributed by atoms with E-state index in [0.29, 0.717) is 6.54 Å². The molecule has 2 aromatic carbocycles. The van der Waals surface area contributed by atoms with E-state index in [0.717, 1.165) is 36.8 Å². The molecule has 0 bridgehead atoms. The van der Waals surface area contributed by atoms with Crippen LogP contribution >= 0.6 is 0 Å². The largest absolute Gasteiger partial charge is 0.479 e. The summed E-state index contributed by atoms with van der Waals surface area (Å²) in [5.74, 6) is -0.992. The highest BCUT2D eigenvalue weighted by Crippen LogP contribution is 2.62. The fourth-order valence-corrected chi connectivity index (χ4v) is 5.19. The lowest BCUT2D eigenvalue weighted by Crippen LogP contribution is -2.45. The number of carboxylic acid groups (broad SMARTS) is 1. The molecule has 1 spiro atoms. The van der Waals surface area contributed by atoms with Crippen LogP contribution in [0, 0.1) is 5.92 Å². The Labute approximate surface area is 152 Å². The van der Waals surface area contributed by atoms with Crippen LogP contribution in [0.15, 0.2) is 48.5 Å². The molecule has 1 aliphatic heterocycles. The topological polar surface area (TPSA) is 57.6 Å². The van der Waals surface area contributed by atoms with Gasteiger partial charge in [-0.3, -0.25) is 4.79 Å². The fraction of sp³-hybridized carbons (Fsp3) is 0.364. The molecular formula is C22H21NO3. The molecule has 3 atom stereocenters. The average molecular weight is 347 g/mol. The third-order valence-corrected chi connectivity index (χ3v) is 6.57. The normalized spacial score (nSPS) is 28.5. The Bertz CT molecular complexity index is 921. The number of carboxylic acids is 1. The van der Waals surface area contributed by atoms with Gasteiger partial charge in [0.15, 0.2) is 6.04 Å². The van der Waals surface area contributed by atoms with Gasteiger partial charge in [0.25, 0.3) is 0 Å². The second-order valence-electron chi connectivity index (χ2n) is 7.79. The lowest BCUT2D eigenvalue weighted by atomic mass is 9.90. The van der Waals surface area contributed by atoms with Gasteiger partial charge in [-0.15, -0.1) is 0 Å². The number of carbonyl (C=O) groups is 2. The van der Waals surface area contributed by atoms with Crippen molar-refractivity contribution in [3.05, 3.63) is 70.8 Å². The van der Waals surface area contributed by atoms with Gasteiger partial charge in [0, 0.05) is 17.9 Å². The lowest BCUT2D eigenvalue weighted by Gasteiger charge is -2.35. The molecule has 1 fully saturated rings. The minimum atomic E-state index is -0.938. The number of rotatable bonds is 2. The van der Waals surface area contributed by atoms with Crippen molar-refractivity contribution in [2.75, 3.05) is 6.54 Å². The molecule has 1 N–H and O–H groups in total. The van der Waals surface area contributed by atoms with Crippen LogP contribution in [0.2, 0.25) is 0 Å². The van der Waals surface area contributed by atoms with Crippen molar-refractivity contribution in [3.63, 3.8) is 0 Å². The second kappa shape index (κ2) is 5.44. The SMILES string of the molecule is O=C(O)C1c2ccccc2CCN1C(=O)C1CC12CCc1ccccc12. The van der Waals surface area contributed by atoms with Crippen molar-refractivity contribution < 1.29 is 14.7 Å². The van der Waals surface area contributed by atoms with Crippen molar-refractivity contribution >= 4 is 11.9 Å². The van der Waals surface area contributed by atoms with Crippen LogP contribution in [0.25, 0.3) is 0 Å². The Kier molecular flexibility index (Phi) is 3.27. The summed E-state index contributed by atoms with van der Waals surface area (Å²) in [6, 6.07) is 15.1. The van der Waals surface area contributed by atoms with Crippen molar-refractivity contribution in [2.45, 2.75) is 37.1 Å². The molecule has 4 nitrogen and oxygen atoms in total. The number of amides is 1. The Morgan fingerprint density at radius 1 is 1.00 bits per heavy atom. The van der Waals surface area contributed by atoms with E-state index in [1.54, 1.807) is 4.90 Å². The van der Waals surface area contributed by atoms with Crippen molar-refractivity contribution in [3.8, 4) is 0 Å². The van der Waals surface area contributed by atoms with E-state index in [4.69, 9.17) is 0 Å². The number of fused-ring (bicyclic) bond motifs is 3. The van der Waals surface area contributed by atoms with Crippen LogP contribution in [0.5, 0.6) is 0 Å². The molecule has 132 valence electrons. The summed E-state index contributed by atoms with van der Waals surface area (Å²) < 4.78 is 0. The number of hydrogen-bond donors (Lipinski definition) is 1. The highest BCUT2D eigenvalue weighted by molar-refractivity contribution is 5.90. The zero-order valence-electron chi connectivity index (χ0n) is 14.5. The van der Waals surface area contributed by atoms with Gasteiger partial charge in [0.05, 0.1) is 0 Å². The Hall–Kier alpha value is -2.62. The summed E-state index contributed by atoms with van der Waals surface area (Å²) >= 11 is 0. The molecule has 0 saturated heterocycles. The predicted molar refractivity (Wildman–Crippen MR) is 96.8 cm³/mol. The molecule has 1 saturated carbocycles. The predicted octanol–water partition coefficient (Wildman–Crippen LogP) is 3.10. The molecule has 3 unspecified atom stereocenters. The molecule has 5 rings (SSSR count). The van der Waals surface area contributed by atoms with Crippen molar-refractivity contribution in [1.29, 1.82) is 0 Å². The molecule has 0 radical (unpaired) electrons. The average Bonchev–Trinajstić information content (AvgIpc) is 3.28. The minimum absolute atomic E-state index is 0.0172. The van der Waals surface area contributed by atoms with E-state index < -0.39 is 12.0 Å². The molecule has 1 amide bonds. The van der Waals surface area contributed by atoms with E-state index in [2.05, 4.69) is 18.2 Å². The van der Waals surface area contributed by atoms with E-state index in [1.165, 1.54) is 11.1 Å². The van der Waals surface area contributed by atoms with Crippen LogP contribution in [0.3, 0.4) is 0 Å². The molecule has 4 heteroatoms. The smallest absolute Gasteiger partial charge is 0.331 e. The summed E-state index contributed by atoms with van der Waals surface area (Å²) in [5, 5.41) is 9.83. The third-order valence-electron chi connectivity index (χ3n) is 6.57. The summed E-state index contributed by atoms with van der Waals surface area (Å²) in [7, 11) is 0. The summed E-state index contributed by atoms with van der Waals surface area (Å²) in [4.78, 5) is 26.9. The summed E-state index contributed by atoms with van der Waals surface area (Å²) in [6.07, 6.45) is 3.60. The molecule has 2 aromatic rings. The maximum absolute atomic E-state index is 13.3. The highest BCUT2D eigenvalue weighted by Gasteiger charge is 2.62. The molecule has 0 aromatic heterocycles. The van der Waals surface area contributed by atoms with Gasteiger partial charge in [0.2, 0.25) is 5.91 Å². The third kappa shape index (κ3) is 2.08. The first-order valence-electron chi connectivity index (χ1n) is 9.31. The molecule has 26 heavy (non-hydrogen) atoms. The fourth-order valence-electron chi connectivity index (χ4n) is 5.19. The molecular weight excluding hydrogens is 326 g/mol. The van der Waals surface area contributed by atoms with Crippen LogP contribution < -0.4 is 0 Å². The maximum atomic E-state index is 13.3. The molecule has 3 aliphatic rings. The van der Waals surface area contributed by atoms with Gasteiger partial charge in [-0.2, -0.15) is 0 Å². The quantitative estimate of drug-likeness (QED) is 0.908. The van der Waals surface area contributed by atoms with E-state index >= 15 is 0 Å². The Morgan fingerprint density at radius 3 is 2.54 bits per heavy atom. The number of aryl methyl sites for hydroxylation is 1. The van der Waals surface area contributed by atoms with E-state index in [1.807, 2.05) is 30.3 Å². The van der Waals surface area contributed by atoms with Crippen LogP contribution in [0.1, 0.15) is 41.1 Å². The van der Waals surface area contributed by atoms with Gasteiger partial charge in [0.1, 0.15) is 0 Å². The second-order valence-corrected chi connectivity index (χ2v) is 7.79. The number of aliphatic carboxylic acids is 1. The number of benzene rings is 2. The van der Waals surface area contributed by atoms with E-state index in [-0.39, 0.29) is 17.2 Å². The van der Waals surface area contributed by atoms with Gasteiger partial charge >= 0.3 is 5.97 Å². The lowest BCUT2D eigenvalue weighted by molar-refractivity contribution is -0.152. The minimum Gasteiger partial charge on any atom is -0.479 e. The molecule has 2 aliphatic carbocycles. The van der Waals surface area contributed by atoms with Gasteiger partial charge in [-0.05, 0) is 47.9 Å². The number of carbonyl (C=O) groups excluding carboxylic acids is 1. The molecule has 1 heterocycles. The number of hydrogen-bond acceptors (Lipinski definition) is 2. The van der Waals surface area contributed by atoms with Gasteiger partial charge in [-0.25, -0.2) is 4.79 Å².